The SMILES string of the molecule is Cc1cccc(C)c1NC(=O)NCCCCCCC(=O)O. The van der Waals surface area contributed by atoms with Crippen LogP contribution in [0.25, 0.3) is 0 Å². The van der Waals surface area contributed by atoms with Gasteiger partial charge in [0.05, 0.1) is 0 Å². The molecule has 0 spiro atoms. The Morgan fingerprint density at radius 1 is 1.05 bits per heavy atom. The lowest BCUT2D eigenvalue weighted by atomic mass is 10.1. The fourth-order valence-corrected chi connectivity index (χ4v) is 2.13. The van der Waals surface area contributed by atoms with E-state index in [1.807, 2.05) is 32.0 Å². The molecule has 0 aromatic heterocycles. The fourth-order valence-electron chi connectivity index (χ4n) is 2.13. The maximum atomic E-state index is 11.8. The molecule has 0 aliphatic rings. The molecule has 2 amide bonds. The Morgan fingerprint density at radius 2 is 1.67 bits per heavy atom. The zero-order chi connectivity index (χ0) is 15.7. The van der Waals surface area contributed by atoms with Gasteiger partial charge in [-0.05, 0) is 37.8 Å². The van der Waals surface area contributed by atoms with E-state index in [1.165, 1.54) is 0 Å². The van der Waals surface area contributed by atoms with E-state index in [4.69, 9.17) is 5.11 Å². The summed E-state index contributed by atoms with van der Waals surface area (Å²) in [6, 6.07) is 5.69. The highest BCUT2D eigenvalue weighted by Gasteiger charge is 2.06. The van der Waals surface area contributed by atoms with Crippen molar-refractivity contribution in [2.45, 2.75) is 46.0 Å². The molecular formula is C16H24N2O3. The van der Waals surface area contributed by atoms with Gasteiger partial charge in [0.1, 0.15) is 0 Å². The van der Waals surface area contributed by atoms with Gasteiger partial charge in [0.25, 0.3) is 0 Å². The number of unbranched alkanes of at least 4 members (excludes halogenated alkanes) is 3. The summed E-state index contributed by atoms with van der Waals surface area (Å²) in [7, 11) is 0. The van der Waals surface area contributed by atoms with Gasteiger partial charge in [-0.2, -0.15) is 0 Å². The molecule has 0 unspecified atom stereocenters. The minimum atomic E-state index is -0.749. The third kappa shape index (κ3) is 6.79. The molecular weight excluding hydrogens is 268 g/mol. The average molecular weight is 292 g/mol. The van der Waals surface area contributed by atoms with Crippen molar-refractivity contribution in [1.29, 1.82) is 0 Å². The van der Waals surface area contributed by atoms with Crippen molar-refractivity contribution in [3.63, 3.8) is 0 Å². The van der Waals surface area contributed by atoms with Crippen LogP contribution in [-0.2, 0) is 4.79 Å². The Bertz CT molecular complexity index is 466. The smallest absolute Gasteiger partial charge is 0.319 e. The Kier molecular flexibility index (Phi) is 7.29. The second-order valence-corrected chi connectivity index (χ2v) is 5.21. The van der Waals surface area contributed by atoms with Crippen LogP contribution in [0, 0.1) is 13.8 Å². The molecule has 0 fully saturated rings. The van der Waals surface area contributed by atoms with Crippen LogP contribution in [0.1, 0.15) is 43.2 Å². The fraction of sp³-hybridized carbons (Fsp3) is 0.500. The van der Waals surface area contributed by atoms with E-state index in [9.17, 15) is 9.59 Å². The molecule has 0 radical (unpaired) electrons. The monoisotopic (exact) mass is 292 g/mol. The van der Waals surface area contributed by atoms with Crippen molar-refractivity contribution < 1.29 is 14.7 Å². The number of amides is 2. The van der Waals surface area contributed by atoms with Gasteiger partial charge in [0.15, 0.2) is 0 Å². The van der Waals surface area contributed by atoms with Gasteiger partial charge in [-0.1, -0.05) is 31.0 Å². The van der Waals surface area contributed by atoms with Gasteiger partial charge >= 0.3 is 12.0 Å². The van der Waals surface area contributed by atoms with E-state index in [0.29, 0.717) is 13.0 Å². The molecule has 0 aliphatic heterocycles. The number of hydrogen-bond donors (Lipinski definition) is 3. The number of nitrogens with one attached hydrogen (secondary N) is 2. The topological polar surface area (TPSA) is 78.4 Å². The molecule has 0 bridgehead atoms. The molecule has 21 heavy (non-hydrogen) atoms. The number of carboxylic acids is 1. The van der Waals surface area contributed by atoms with E-state index >= 15 is 0 Å². The molecule has 1 aromatic carbocycles. The summed E-state index contributed by atoms with van der Waals surface area (Å²) in [5.41, 5.74) is 2.94. The summed E-state index contributed by atoms with van der Waals surface area (Å²) in [6.45, 7) is 4.53. The minimum absolute atomic E-state index is 0.196. The first kappa shape index (κ1) is 17.0. The average Bonchev–Trinajstić information content (AvgIpc) is 2.41. The summed E-state index contributed by atoms with van der Waals surface area (Å²) in [5, 5.41) is 14.2. The van der Waals surface area contributed by atoms with E-state index < -0.39 is 5.97 Å². The van der Waals surface area contributed by atoms with Crippen LogP contribution in [0.3, 0.4) is 0 Å². The summed E-state index contributed by atoms with van der Waals surface area (Å²) in [6.07, 6.45) is 3.59. The predicted octanol–water partition coefficient (Wildman–Crippen LogP) is 3.46. The number of urea groups is 1. The number of carbonyl (C=O) groups is 2. The van der Waals surface area contributed by atoms with Gasteiger partial charge in [-0.3, -0.25) is 4.79 Å². The number of rotatable bonds is 8. The highest BCUT2D eigenvalue weighted by atomic mass is 16.4. The van der Waals surface area contributed by atoms with Crippen molar-refractivity contribution in [3.8, 4) is 0 Å². The Hall–Kier alpha value is -2.04. The quantitative estimate of drug-likeness (QED) is 0.642. The maximum absolute atomic E-state index is 11.8. The molecule has 0 saturated heterocycles. The number of aliphatic carboxylic acids is 1. The lowest BCUT2D eigenvalue weighted by Gasteiger charge is -2.12. The van der Waals surface area contributed by atoms with Gasteiger partial charge in [-0.15, -0.1) is 0 Å². The van der Waals surface area contributed by atoms with Crippen LogP contribution in [0.4, 0.5) is 10.5 Å². The highest BCUT2D eigenvalue weighted by Crippen LogP contribution is 2.18. The van der Waals surface area contributed by atoms with Crippen LogP contribution in [0.5, 0.6) is 0 Å². The maximum Gasteiger partial charge on any atom is 0.319 e. The Morgan fingerprint density at radius 3 is 2.29 bits per heavy atom. The Balaban J connectivity index is 2.19. The van der Waals surface area contributed by atoms with Gasteiger partial charge in [0.2, 0.25) is 0 Å². The molecule has 1 aromatic rings. The molecule has 0 atom stereocenters. The van der Waals surface area contributed by atoms with Gasteiger partial charge in [0, 0.05) is 18.7 Å². The second-order valence-electron chi connectivity index (χ2n) is 5.21. The first-order valence-electron chi connectivity index (χ1n) is 7.33. The van der Waals surface area contributed by atoms with Gasteiger partial charge in [-0.25, -0.2) is 4.79 Å². The highest BCUT2D eigenvalue weighted by molar-refractivity contribution is 5.90. The molecule has 0 heterocycles. The van der Waals surface area contributed by atoms with E-state index in [1.54, 1.807) is 0 Å². The predicted molar refractivity (Wildman–Crippen MR) is 83.7 cm³/mol. The molecule has 0 saturated carbocycles. The van der Waals surface area contributed by atoms with Crippen LogP contribution in [-0.4, -0.2) is 23.7 Å². The molecule has 5 nitrogen and oxygen atoms in total. The second kappa shape index (κ2) is 9.00. The summed E-state index contributed by atoms with van der Waals surface area (Å²) in [4.78, 5) is 22.1. The third-order valence-electron chi connectivity index (χ3n) is 3.32. The van der Waals surface area contributed by atoms with Crippen molar-refractivity contribution >= 4 is 17.7 Å². The van der Waals surface area contributed by atoms with Crippen LogP contribution in [0.2, 0.25) is 0 Å². The molecule has 1 rings (SSSR count). The summed E-state index contributed by atoms with van der Waals surface area (Å²) in [5.74, 6) is -0.749. The Labute approximate surface area is 125 Å². The lowest BCUT2D eigenvalue weighted by Crippen LogP contribution is -2.30. The summed E-state index contributed by atoms with van der Waals surface area (Å²) < 4.78 is 0. The molecule has 116 valence electrons. The molecule has 0 aliphatic carbocycles. The normalized spacial score (nSPS) is 10.2. The number of carbonyl (C=O) groups excluding carboxylic acids is 1. The number of para-hydroxylation sites is 1. The van der Waals surface area contributed by atoms with Crippen molar-refractivity contribution in [3.05, 3.63) is 29.3 Å². The van der Waals surface area contributed by atoms with E-state index in [-0.39, 0.29) is 12.5 Å². The van der Waals surface area contributed by atoms with Crippen molar-refractivity contribution in [2.24, 2.45) is 0 Å². The van der Waals surface area contributed by atoms with E-state index in [2.05, 4.69) is 10.6 Å². The number of benzene rings is 1. The van der Waals surface area contributed by atoms with Crippen LogP contribution in [0.15, 0.2) is 18.2 Å². The number of anilines is 1. The molecule has 5 heteroatoms. The number of aryl methyl sites for hydroxylation is 2. The standard InChI is InChI=1S/C16H24N2O3/c1-12-8-7-9-13(2)15(12)18-16(21)17-11-6-4-3-5-10-14(19)20/h7-9H,3-6,10-11H2,1-2H3,(H,19,20)(H2,17,18,21). The molecule has 3 N–H and O–H groups in total. The first-order valence-corrected chi connectivity index (χ1v) is 7.33. The third-order valence-corrected chi connectivity index (χ3v) is 3.32. The van der Waals surface area contributed by atoms with Crippen molar-refractivity contribution in [1.82, 2.24) is 5.32 Å². The van der Waals surface area contributed by atoms with E-state index in [0.717, 1.165) is 36.1 Å². The van der Waals surface area contributed by atoms with Crippen molar-refractivity contribution in [2.75, 3.05) is 11.9 Å². The zero-order valence-electron chi connectivity index (χ0n) is 12.7. The lowest BCUT2D eigenvalue weighted by molar-refractivity contribution is -0.137. The number of hydrogen-bond acceptors (Lipinski definition) is 2. The summed E-state index contributed by atoms with van der Waals surface area (Å²) >= 11 is 0. The first-order chi connectivity index (χ1) is 10.0. The number of carboxylic acid groups (broad SMARTS) is 1. The van der Waals surface area contributed by atoms with Gasteiger partial charge < -0.3 is 15.7 Å². The largest absolute Gasteiger partial charge is 0.481 e. The zero-order valence-corrected chi connectivity index (χ0v) is 12.7. The minimum Gasteiger partial charge on any atom is -0.481 e. The van der Waals surface area contributed by atoms with Crippen LogP contribution >= 0.6 is 0 Å². The van der Waals surface area contributed by atoms with Crippen LogP contribution < -0.4 is 10.6 Å².